The molecule has 1 aliphatic rings. The molecule has 1 aliphatic heterocycles. The molecular formula is C15H24N2O. The van der Waals surface area contributed by atoms with Gasteiger partial charge in [-0.2, -0.15) is 0 Å². The van der Waals surface area contributed by atoms with Crippen molar-refractivity contribution in [3.05, 3.63) is 23.8 Å². The predicted molar refractivity (Wildman–Crippen MR) is 77.6 cm³/mol. The first-order valence-electron chi connectivity index (χ1n) is 6.80. The first-order valence-corrected chi connectivity index (χ1v) is 6.80. The van der Waals surface area contributed by atoms with Crippen LogP contribution >= 0.6 is 0 Å². The topological polar surface area (TPSA) is 24.5 Å². The summed E-state index contributed by atoms with van der Waals surface area (Å²) < 4.78 is 5.73. The highest BCUT2D eigenvalue weighted by atomic mass is 16.5. The molecular weight excluding hydrogens is 224 g/mol. The van der Waals surface area contributed by atoms with Crippen molar-refractivity contribution in [1.29, 1.82) is 0 Å². The van der Waals surface area contributed by atoms with Crippen LogP contribution in [0, 0.1) is 6.92 Å². The van der Waals surface area contributed by atoms with Gasteiger partial charge in [0.2, 0.25) is 0 Å². The van der Waals surface area contributed by atoms with E-state index < -0.39 is 0 Å². The average molecular weight is 248 g/mol. The molecule has 1 heterocycles. The van der Waals surface area contributed by atoms with E-state index in [-0.39, 0.29) is 0 Å². The van der Waals surface area contributed by atoms with E-state index in [9.17, 15) is 0 Å². The van der Waals surface area contributed by atoms with Crippen molar-refractivity contribution < 1.29 is 4.74 Å². The Balaban J connectivity index is 1.94. The summed E-state index contributed by atoms with van der Waals surface area (Å²) in [6.45, 7) is 3.97. The van der Waals surface area contributed by atoms with Crippen LogP contribution in [0.1, 0.15) is 24.8 Å². The molecule has 1 saturated heterocycles. The average Bonchev–Trinajstić information content (AvgIpc) is 2.38. The second kappa shape index (κ2) is 6.10. The predicted octanol–water partition coefficient (Wildman–Crippen LogP) is 3.04. The first-order chi connectivity index (χ1) is 8.66. The van der Waals surface area contributed by atoms with Gasteiger partial charge < -0.3 is 15.0 Å². The molecule has 0 bridgehead atoms. The van der Waals surface area contributed by atoms with Crippen molar-refractivity contribution in [3.8, 4) is 0 Å². The minimum Gasteiger partial charge on any atom is -0.382 e. The second-order valence-electron chi connectivity index (χ2n) is 5.27. The summed E-state index contributed by atoms with van der Waals surface area (Å²) in [5, 5.41) is 3.49. The van der Waals surface area contributed by atoms with E-state index in [1.54, 1.807) is 0 Å². The fourth-order valence-electron chi connectivity index (χ4n) is 2.40. The van der Waals surface area contributed by atoms with Gasteiger partial charge in [0.15, 0.2) is 0 Å². The third-order valence-corrected chi connectivity index (χ3v) is 3.50. The number of nitrogens with one attached hydrogen (secondary N) is 1. The largest absolute Gasteiger partial charge is 0.382 e. The van der Waals surface area contributed by atoms with Crippen molar-refractivity contribution in [3.63, 3.8) is 0 Å². The van der Waals surface area contributed by atoms with Crippen LogP contribution in [0.15, 0.2) is 18.2 Å². The van der Waals surface area contributed by atoms with E-state index >= 15 is 0 Å². The molecule has 100 valence electrons. The summed E-state index contributed by atoms with van der Waals surface area (Å²) >= 11 is 0. The maximum Gasteiger partial charge on any atom is 0.0747 e. The van der Waals surface area contributed by atoms with Crippen LogP contribution in [0.25, 0.3) is 0 Å². The monoisotopic (exact) mass is 248 g/mol. The Hall–Kier alpha value is -1.22. The molecule has 0 radical (unpaired) electrons. The van der Waals surface area contributed by atoms with E-state index in [0.717, 1.165) is 13.2 Å². The summed E-state index contributed by atoms with van der Waals surface area (Å²) in [4.78, 5) is 2.15. The van der Waals surface area contributed by atoms with Crippen molar-refractivity contribution in [2.45, 2.75) is 32.3 Å². The van der Waals surface area contributed by atoms with E-state index in [0.29, 0.717) is 6.10 Å². The minimum absolute atomic E-state index is 0.378. The number of hydrogen-bond donors (Lipinski definition) is 1. The van der Waals surface area contributed by atoms with Gasteiger partial charge in [-0.15, -0.1) is 0 Å². The number of benzene rings is 1. The lowest BCUT2D eigenvalue weighted by Gasteiger charge is -2.24. The second-order valence-corrected chi connectivity index (χ2v) is 5.27. The Morgan fingerprint density at radius 2 is 2.17 bits per heavy atom. The fourth-order valence-corrected chi connectivity index (χ4v) is 2.40. The third-order valence-electron chi connectivity index (χ3n) is 3.50. The Bertz CT molecular complexity index is 384. The lowest BCUT2D eigenvalue weighted by atomic mass is 10.1. The van der Waals surface area contributed by atoms with Crippen molar-refractivity contribution in [2.24, 2.45) is 0 Å². The van der Waals surface area contributed by atoms with E-state index in [2.05, 4.69) is 49.4 Å². The lowest BCUT2D eigenvalue weighted by molar-refractivity contribution is 0.0247. The van der Waals surface area contributed by atoms with Crippen molar-refractivity contribution in [2.75, 3.05) is 37.5 Å². The SMILES string of the molecule is Cc1ccc(NCC2CCCCO2)cc1N(C)C. The summed E-state index contributed by atoms with van der Waals surface area (Å²) in [6, 6.07) is 6.52. The van der Waals surface area contributed by atoms with Crippen LogP contribution in [0.4, 0.5) is 11.4 Å². The normalized spacial score (nSPS) is 19.6. The van der Waals surface area contributed by atoms with Crippen LogP contribution < -0.4 is 10.2 Å². The Morgan fingerprint density at radius 3 is 2.83 bits per heavy atom. The van der Waals surface area contributed by atoms with E-state index in [1.807, 2.05) is 0 Å². The smallest absolute Gasteiger partial charge is 0.0747 e. The van der Waals surface area contributed by atoms with Crippen LogP contribution in [-0.4, -0.2) is 33.4 Å². The van der Waals surface area contributed by atoms with Gasteiger partial charge in [-0.1, -0.05) is 6.07 Å². The van der Waals surface area contributed by atoms with Gasteiger partial charge in [0.05, 0.1) is 6.10 Å². The van der Waals surface area contributed by atoms with Gasteiger partial charge in [-0.05, 0) is 43.9 Å². The number of rotatable bonds is 4. The molecule has 0 amide bonds. The van der Waals surface area contributed by atoms with Gasteiger partial charge in [-0.25, -0.2) is 0 Å². The van der Waals surface area contributed by atoms with Gasteiger partial charge >= 0.3 is 0 Å². The molecule has 18 heavy (non-hydrogen) atoms. The third kappa shape index (κ3) is 3.39. The summed E-state index contributed by atoms with van der Waals surface area (Å²) in [7, 11) is 4.16. The molecule has 0 aliphatic carbocycles. The molecule has 3 nitrogen and oxygen atoms in total. The van der Waals surface area contributed by atoms with E-state index in [4.69, 9.17) is 4.74 Å². The van der Waals surface area contributed by atoms with Gasteiger partial charge in [0.25, 0.3) is 0 Å². The van der Waals surface area contributed by atoms with Crippen molar-refractivity contribution in [1.82, 2.24) is 0 Å². The van der Waals surface area contributed by atoms with Gasteiger partial charge in [-0.3, -0.25) is 0 Å². The fraction of sp³-hybridized carbons (Fsp3) is 0.600. The quantitative estimate of drug-likeness (QED) is 0.886. The summed E-state index contributed by atoms with van der Waals surface area (Å²) in [6.07, 6.45) is 4.07. The number of hydrogen-bond acceptors (Lipinski definition) is 3. The first kappa shape index (κ1) is 13.2. The Morgan fingerprint density at radius 1 is 1.33 bits per heavy atom. The summed E-state index contributed by atoms with van der Waals surface area (Å²) in [5.41, 5.74) is 3.75. The Kier molecular flexibility index (Phi) is 4.48. The minimum atomic E-state index is 0.378. The molecule has 2 rings (SSSR count). The van der Waals surface area contributed by atoms with E-state index in [1.165, 1.54) is 36.2 Å². The molecule has 1 aromatic carbocycles. The molecule has 1 fully saturated rings. The van der Waals surface area contributed by atoms with Crippen molar-refractivity contribution >= 4 is 11.4 Å². The number of ether oxygens (including phenoxy) is 1. The van der Waals surface area contributed by atoms with Gasteiger partial charge in [0, 0.05) is 38.6 Å². The molecule has 1 N–H and O–H groups in total. The number of aryl methyl sites for hydroxylation is 1. The van der Waals surface area contributed by atoms with Crippen LogP contribution in [0.5, 0.6) is 0 Å². The Labute approximate surface area is 110 Å². The van der Waals surface area contributed by atoms with Crippen LogP contribution in [0.2, 0.25) is 0 Å². The summed E-state index contributed by atoms with van der Waals surface area (Å²) in [5.74, 6) is 0. The number of anilines is 2. The standard InChI is InChI=1S/C15H24N2O/c1-12-7-8-13(10-15(12)17(2)3)16-11-14-6-4-5-9-18-14/h7-8,10,14,16H,4-6,9,11H2,1-3H3. The lowest BCUT2D eigenvalue weighted by Crippen LogP contribution is -2.27. The highest BCUT2D eigenvalue weighted by Gasteiger charge is 2.13. The van der Waals surface area contributed by atoms with Crippen LogP contribution in [0.3, 0.4) is 0 Å². The highest BCUT2D eigenvalue weighted by molar-refractivity contribution is 5.61. The molecule has 1 unspecified atom stereocenters. The van der Waals surface area contributed by atoms with Gasteiger partial charge in [0.1, 0.15) is 0 Å². The molecule has 0 saturated carbocycles. The van der Waals surface area contributed by atoms with Crippen LogP contribution in [-0.2, 0) is 4.74 Å². The maximum absolute atomic E-state index is 5.73. The zero-order valence-electron chi connectivity index (χ0n) is 11.7. The molecule has 3 heteroatoms. The number of nitrogens with zero attached hydrogens (tertiary/aromatic N) is 1. The molecule has 0 aromatic heterocycles. The zero-order valence-corrected chi connectivity index (χ0v) is 11.7. The molecule has 0 spiro atoms. The molecule has 1 atom stereocenters. The maximum atomic E-state index is 5.73. The zero-order chi connectivity index (χ0) is 13.0. The highest BCUT2D eigenvalue weighted by Crippen LogP contribution is 2.23. The molecule has 1 aromatic rings.